The Morgan fingerprint density at radius 3 is 2.29 bits per heavy atom. The minimum atomic E-state index is -3.52. The molecule has 0 N–H and O–H groups in total. The molecule has 0 saturated heterocycles. The smallest absolute Gasteiger partial charge is 0.263 e. The van der Waals surface area contributed by atoms with Gasteiger partial charge in [-0.3, -0.25) is 4.18 Å². The molecule has 0 unspecified atom stereocenters. The van der Waals surface area contributed by atoms with Crippen molar-refractivity contribution in [3.05, 3.63) is 30.3 Å². The maximum Gasteiger partial charge on any atom is 0.297 e. The maximum atomic E-state index is 11.6. The predicted octanol–water partition coefficient (Wildman–Crippen LogP) is 1.94. The molecule has 76 valence electrons. The lowest BCUT2D eigenvalue weighted by atomic mass is 9.97. The lowest BCUT2D eigenvalue weighted by Gasteiger charge is -2.24. The quantitative estimate of drug-likeness (QED) is 0.719. The van der Waals surface area contributed by atoms with Crippen molar-refractivity contribution in [1.29, 1.82) is 0 Å². The van der Waals surface area contributed by atoms with Crippen LogP contribution >= 0.6 is 0 Å². The van der Waals surface area contributed by atoms with Gasteiger partial charge >= 0.3 is 0 Å². The third-order valence-electron chi connectivity index (χ3n) is 2.35. The highest BCUT2D eigenvalue weighted by atomic mass is 32.2. The van der Waals surface area contributed by atoms with Gasteiger partial charge in [-0.15, -0.1) is 0 Å². The largest absolute Gasteiger partial charge is 0.297 e. The van der Waals surface area contributed by atoms with Crippen molar-refractivity contribution in [2.75, 3.05) is 0 Å². The average Bonchev–Trinajstić information content (AvgIpc) is 2.13. The first-order valence-electron chi connectivity index (χ1n) is 4.67. The Balaban J connectivity index is 2.15. The van der Waals surface area contributed by atoms with E-state index in [-0.39, 0.29) is 11.0 Å². The van der Waals surface area contributed by atoms with Crippen molar-refractivity contribution in [2.24, 2.45) is 0 Å². The Bertz CT molecular complexity index is 393. The van der Waals surface area contributed by atoms with Crippen molar-refractivity contribution in [1.82, 2.24) is 0 Å². The summed E-state index contributed by atoms with van der Waals surface area (Å²) in [6.45, 7) is 0. The molecule has 0 atom stereocenters. The molecule has 0 aromatic heterocycles. The normalized spacial score (nSPS) is 17.7. The van der Waals surface area contributed by atoms with Gasteiger partial charge in [0.2, 0.25) is 0 Å². The van der Waals surface area contributed by atoms with E-state index in [0.717, 1.165) is 19.3 Å². The Morgan fingerprint density at radius 2 is 1.79 bits per heavy atom. The van der Waals surface area contributed by atoms with Crippen LogP contribution < -0.4 is 0 Å². The average molecular weight is 212 g/mol. The highest BCUT2D eigenvalue weighted by molar-refractivity contribution is 7.86. The molecule has 1 aromatic carbocycles. The van der Waals surface area contributed by atoms with Gasteiger partial charge in [0.05, 0.1) is 11.0 Å². The third-order valence-corrected chi connectivity index (χ3v) is 3.72. The van der Waals surface area contributed by atoms with E-state index in [4.69, 9.17) is 4.18 Å². The molecule has 2 rings (SSSR count). The molecule has 0 bridgehead atoms. The molecule has 14 heavy (non-hydrogen) atoms. The second-order valence-corrected chi connectivity index (χ2v) is 4.99. The summed E-state index contributed by atoms with van der Waals surface area (Å²) in [6, 6.07) is 8.26. The van der Waals surface area contributed by atoms with Crippen LogP contribution in [-0.4, -0.2) is 14.5 Å². The summed E-state index contributed by atoms with van der Waals surface area (Å²) in [5.74, 6) is 0. The summed E-state index contributed by atoms with van der Waals surface area (Å²) >= 11 is 0. The fraction of sp³-hybridized carbons (Fsp3) is 0.400. The number of rotatable bonds is 3. The molecule has 0 radical (unpaired) electrons. The van der Waals surface area contributed by atoms with Crippen molar-refractivity contribution >= 4 is 10.1 Å². The Morgan fingerprint density at radius 1 is 1.14 bits per heavy atom. The van der Waals surface area contributed by atoms with Crippen molar-refractivity contribution in [3.63, 3.8) is 0 Å². The number of hydrogen-bond donors (Lipinski definition) is 0. The van der Waals surface area contributed by atoms with Crippen LogP contribution in [0.2, 0.25) is 0 Å². The van der Waals surface area contributed by atoms with E-state index >= 15 is 0 Å². The lowest BCUT2D eigenvalue weighted by Crippen LogP contribution is -2.25. The fourth-order valence-electron chi connectivity index (χ4n) is 1.29. The van der Waals surface area contributed by atoms with Crippen LogP contribution in [0.3, 0.4) is 0 Å². The monoisotopic (exact) mass is 212 g/mol. The van der Waals surface area contributed by atoms with E-state index in [1.807, 2.05) is 0 Å². The van der Waals surface area contributed by atoms with Crippen LogP contribution in [-0.2, 0) is 14.3 Å². The van der Waals surface area contributed by atoms with Gasteiger partial charge in [0.1, 0.15) is 0 Å². The topological polar surface area (TPSA) is 43.4 Å². The van der Waals surface area contributed by atoms with Gasteiger partial charge < -0.3 is 0 Å². The zero-order valence-corrected chi connectivity index (χ0v) is 8.53. The van der Waals surface area contributed by atoms with E-state index in [1.165, 1.54) is 0 Å². The zero-order chi connectivity index (χ0) is 10.0. The molecule has 0 aliphatic heterocycles. The van der Waals surface area contributed by atoms with Crippen LogP contribution in [0.25, 0.3) is 0 Å². The number of benzene rings is 1. The molecule has 1 aromatic rings. The highest BCUT2D eigenvalue weighted by Crippen LogP contribution is 2.26. The molecule has 1 aliphatic rings. The van der Waals surface area contributed by atoms with Gasteiger partial charge in [-0.25, -0.2) is 0 Å². The van der Waals surface area contributed by atoms with Crippen molar-refractivity contribution in [2.45, 2.75) is 30.3 Å². The molecule has 0 heterocycles. The van der Waals surface area contributed by atoms with E-state index in [2.05, 4.69) is 0 Å². The minimum absolute atomic E-state index is 0.0970. The van der Waals surface area contributed by atoms with E-state index in [1.54, 1.807) is 30.3 Å². The third kappa shape index (κ3) is 1.96. The SMILES string of the molecule is O=S(=O)(OC1CCC1)c1ccccc1. The first-order valence-corrected chi connectivity index (χ1v) is 6.08. The van der Waals surface area contributed by atoms with Crippen LogP contribution in [0.1, 0.15) is 19.3 Å². The highest BCUT2D eigenvalue weighted by Gasteiger charge is 2.26. The standard InChI is InChI=1S/C10H12O3S/c11-14(12,13-9-5-4-6-9)10-7-2-1-3-8-10/h1-3,7-9H,4-6H2. The van der Waals surface area contributed by atoms with Gasteiger partial charge in [0, 0.05) is 0 Å². The lowest BCUT2D eigenvalue weighted by molar-refractivity contribution is 0.127. The second kappa shape index (κ2) is 3.71. The minimum Gasteiger partial charge on any atom is -0.263 e. The molecule has 1 aliphatic carbocycles. The van der Waals surface area contributed by atoms with Crippen LogP contribution in [0.4, 0.5) is 0 Å². The first-order chi connectivity index (χ1) is 6.68. The molecule has 0 amide bonds. The number of hydrogen-bond acceptors (Lipinski definition) is 3. The van der Waals surface area contributed by atoms with Gasteiger partial charge in [-0.1, -0.05) is 18.2 Å². The summed E-state index contributed by atoms with van der Waals surface area (Å²) in [7, 11) is -3.52. The molecule has 3 nitrogen and oxygen atoms in total. The van der Waals surface area contributed by atoms with Crippen LogP contribution in [0.5, 0.6) is 0 Å². The summed E-state index contributed by atoms with van der Waals surface area (Å²) in [4.78, 5) is 0.243. The molecular weight excluding hydrogens is 200 g/mol. The van der Waals surface area contributed by atoms with Gasteiger partial charge in [-0.2, -0.15) is 8.42 Å². The Kier molecular flexibility index (Phi) is 2.56. The summed E-state index contributed by atoms with van der Waals surface area (Å²) < 4.78 is 28.3. The summed E-state index contributed by atoms with van der Waals surface area (Å²) in [5, 5.41) is 0. The predicted molar refractivity (Wildman–Crippen MR) is 52.4 cm³/mol. The molecule has 1 saturated carbocycles. The van der Waals surface area contributed by atoms with E-state index < -0.39 is 10.1 Å². The van der Waals surface area contributed by atoms with E-state index in [0.29, 0.717) is 0 Å². The van der Waals surface area contributed by atoms with Gasteiger partial charge in [0.15, 0.2) is 0 Å². The molecule has 0 spiro atoms. The molecular formula is C10H12O3S. The van der Waals surface area contributed by atoms with Crippen LogP contribution in [0, 0.1) is 0 Å². The van der Waals surface area contributed by atoms with E-state index in [9.17, 15) is 8.42 Å². The van der Waals surface area contributed by atoms with Gasteiger partial charge in [0.25, 0.3) is 10.1 Å². The van der Waals surface area contributed by atoms with Crippen LogP contribution in [0.15, 0.2) is 35.2 Å². The Hall–Kier alpha value is -0.870. The maximum absolute atomic E-state index is 11.6. The molecule has 4 heteroatoms. The van der Waals surface area contributed by atoms with Gasteiger partial charge in [-0.05, 0) is 31.4 Å². The zero-order valence-electron chi connectivity index (χ0n) is 7.72. The van der Waals surface area contributed by atoms with Crippen molar-refractivity contribution in [3.8, 4) is 0 Å². The fourth-order valence-corrected chi connectivity index (χ4v) is 2.44. The second-order valence-electron chi connectivity index (χ2n) is 3.42. The first kappa shape index (κ1) is 9.68. The summed E-state index contributed by atoms with van der Waals surface area (Å²) in [5.41, 5.74) is 0. The van der Waals surface area contributed by atoms with Crippen molar-refractivity contribution < 1.29 is 12.6 Å². The molecule has 1 fully saturated rings. The Labute approximate surface area is 83.8 Å². The summed E-state index contributed by atoms with van der Waals surface area (Å²) in [6.07, 6.45) is 2.67.